The normalized spacial score (nSPS) is 18.9. The Kier molecular flexibility index (Phi) is 5.40. The Hall–Kier alpha value is -1.56. The Bertz CT molecular complexity index is 473. The summed E-state index contributed by atoms with van der Waals surface area (Å²) >= 11 is 1.97. The van der Waals surface area contributed by atoms with Crippen molar-refractivity contribution in [3.05, 3.63) is 18.2 Å². The molecule has 110 valence electrons. The predicted octanol–water partition coefficient (Wildman–Crippen LogP) is 2.33. The molecule has 6 heteroatoms. The van der Waals surface area contributed by atoms with Crippen molar-refractivity contribution in [3.63, 3.8) is 0 Å². The quantitative estimate of drug-likeness (QED) is 0.644. The average Bonchev–Trinajstić information content (AvgIpc) is 2.98. The Labute approximate surface area is 123 Å². The molecule has 0 saturated carbocycles. The van der Waals surface area contributed by atoms with Gasteiger partial charge in [0.25, 0.3) is 0 Å². The number of guanidine groups is 1. The predicted molar refractivity (Wildman–Crippen MR) is 85.1 cm³/mol. The molecule has 0 aromatic heterocycles. The lowest BCUT2D eigenvalue weighted by Gasteiger charge is -2.12. The van der Waals surface area contributed by atoms with E-state index in [1.54, 1.807) is 14.2 Å². The summed E-state index contributed by atoms with van der Waals surface area (Å²) in [6.45, 7) is 0.760. The monoisotopic (exact) mass is 295 g/mol. The zero-order valence-electron chi connectivity index (χ0n) is 11.9. The van der Waals surface area contributed by atoms with Gasteiger partial charge in [0.1, 0.15) is 11.5 Å². The summed E-state index contributed by atoms with van der Waals surface area (Å²) in [5.41, 5.74) is 6.69. The minimum atomic E-state index is 0.407. The zero-order valence-corrected chi connectivity index (χ0v) is 12.7. The SMILES string of the molecule is COc1ccc(OC)c(NC(N)=NCC2CCCS2)c1. The fourth-order valence-corrected chi connectivity index (χ4v) is 3.26. The Balaban J connectivity index is 2.01. The Morgan fingerprint density at radius 3 is 2.95 bits per heavy atom. The third-order valence-corrected chi connectivity index (χ3v) is 4.54. The van der Waals surface area contributed by atoms with Crippen LogP contribution >= 0.6 is 11.8 Å². The lowest BCUT2D eigenvalue weighted by Crippen LogP contribution is -2.24. The van der Waals surface area contributed by atoms with E-state index in [0.717, 1.165) is 18.0 Å². The first kappa shape index (κ1) is 14.8. The first-order chi connectivity index (χ1) is 9.72. The molecule has 1 atom stereocenters. The van der Waals surface area contributed by atoms with E-state index in [1.807, 2.05) is 30.0 Å². The van der Waals surface area contributed by atoms with Crippen molar-refractivity contribution in [3.8, 4) is 11.5 Å². The fourth-order valence-electron chi connectivity index (χ4n) is 2.08. The number of hydrogen-bond acceptors (Lipinski definition) is 4. The second-order valence-corrected chi connectivity index (χ2v) is 5.96. The maximum atomic E-state index is 5.93. The van der Waals surface area contributed by atoms with Gasteiger partial charge in [0.2, 0.25) is 0 Å². The highest BCUT2D eigenvalue weighted by atomic mass is 32.2. The van der Waals surface area contributed by atoms with Crippen molar-refractivity contribution in [2.24, 2.45) is 10.7 Å². The van der Waals surface area contributed by atoms with Gasteiger partial charge in [-0.3, -0.25) is 4.99 Å². The molecule has 0 bridgehead atoms. The number of nitrogens with one attached hydrogen (secondary N) is 1. The second-order valence-electron chi connectivity index (χ2n) is 4.55. The van der Waals surface area contributed by atoms with Crippen LogP contribution in [-0.2, 0) is 0 Å². The molecule has 1 saturated heterocycles. The van der Waals surface area contributed by atoms with Crippen LogP contribution in [0.3, 0.4) is 0 Å². The third-order valence-electron chi connectivity index (χ3n) is 3.16. The molecule has 1 aliphatic heterocycles. The summed E-state index contributed by atoms with van der Waals surface area (Å²) in [4.78, 5) is 4.40. The van der Waals surface area contributed by atoms with Gasteiger partial charge < -0.3 is 20.5 Å². The van der Waals surface area contributed by atoms with Gasteiger partial charge in [0.15, 0.2) is 5.96 Å². The molecular weight excluding hydrogens is 274 g/mol. The average molecular weight is 295 g/mol. The van der Waals surface area contributed by atoms with Crippen molar-refractivity contribution in [1.29, 1.82) is 0 Å². The molecule has 0 amide bonds. The largest absolute Gasteiger partial charge is 0.497 e. The molecule has 1 aromatic rings. The van der Waals surface area contributed by atoms with Crippen LogP contribution in [-0.4, -0.2) is 37.7 Å². The van der Waals surface area contributed by atoms with Crippen LogP contribution in [0.25, 0.3) is 0 Å². The van der Waals surface area contributed by atoms with Crippen molar-refractivity contribution in [2.45, 2.75) is 18.1 Å². The van der Waals surface area contributed by atoms with Crippen molar-refractivity contribution in [2.75, 3.05) is 31.8 Å². The van der Waals surface area contributed by atoms with Crippen molar-refractivity contribution >= 4 is 23.4 Å². The molecule has 1 aromatic carbocycles. The molecule has 1 heterocycles. The Morgan fingerprint density at radius 2 is 2.30 bits per heavy atom. The van der Waals surface area contributed by atoms with Gasteiger partial charge >= 0.3 is 0 Å². The third kappa shape index (κ3) is 3.96. The van der Waals surface area contributed by atoms with Gasteiger partial charge in [-0.25, -0.2) is 0 Å². The number of ether oxygens (including phenoxy) is 2. The van der Waals surface area contributed by atoms with Gasteiger partial charge in [0, 0.05) is 11.3 Å². The molecule has 1 aliphatic rings. The number of benzene rings is 1. The van der Waals surface area contributed by atoms with Crippen LogP contribution in [0.5, 0.6) is 11.5 Å². The lowest BCUT2D eigenvalue weighted by molar-refractivity contribution is 0.405. The van der Waals surface area contributed by atoms with Gasteiger partial charge in [0.05, 0.1) is 26.5 Å². The summed E-state index contributed by atoms with van der Waals surface area (Å²) in [5, 5.41) is 3.67. The number of anilines is 1. The standard InChI is InChI=1S/C14H21N3O2S/c1-18-10-5-6-13(19-2)12(8-10)17-14(15)16-9-11-4-3-7-20-11/h5-6,8,11H,3-4,7,9H2,1-2H3,(H3,15,16,17). The van der Waals surface area contributed by atoms with E-state index in [1.165, 1.54) is 18.6 Å². The van der Waals surface area contributed by atoms with Gasteiger partial charge in [-0.05, 0) is 30.7 Å². The molecule has 5 nitrogen and oxygen atoms in total. The van der Waals surface area contributed by atoms with E-state index in [0.29, 0.717) is 17.0 Å². The van der Waals surface area contributed by atoms with Crippen LogP contribution < -0.4 is 20.5 Å². The highest BCUT2D eigenvalue weighted by molar-refractivity contribution is 8.00. The van der Waals surface area contributed by atoms with E-state index in [4.69, 9.17) is 15.2 Å². The first-order valence-electron chi connectivity index (χ1n) is 6.63. The molecule has 0 spiro atoms. The van der Waals surface area contributed by atoms with Crippen LogP contribution in [0.1, 0.15) is 12.8 Å². The van der Waals surface area contributed by atoms with E-state index in [9.17, 15) is 0 Å². The summed E-state index contributed by atoms with van der Waals surface area (Å²) in [6.07, 6.45) is 2.51. The van der Waals surface area contributed by atoms with Gasteiger partial charge in [-0.15, -0.1) is 0 Å². The first-order valence-corrected chi connectivity index (χ1v) is 7.68. The van der Waals surface area contributed by atoms with Crippen molar-refractivity contribution in [1.82, 2.24) is 0 Å². The molecule has 0 radical (unpaired) electrons. The van der Waals surface area contributed by atoms with E-state index >= 15 is 0 Å². The number of thioether (sulfide) groups is 1. The maximum absolute atomic E-state index is 5.93. The smallest absolute Gasteiger partial charge is 0.193 e. The summed E-state index contributed by atoms with van der Waals surface area (Å²) in [7, 11) is 3.25. The minimum absolute atomic E-state index is 0.407. The number of aliphatic imine (C=N–C) groups is 1. The van der Waals surface area contributed by atoms with Crippen LogP contribution in [0.15, 0.2) is 23.2 Å². The van der Waals surface area contributed by atoms with E-state index in [-0.39, 0.29) is 0 Å². The molecule has 1 fully saturated rings. The van der Waals surface area contributed by atoms with Gasteiger partial charge in [-0.2, -0.15) is 11.8 Å². The highest BCUT2D eigenvalue weighted by Crippen LogP contribution is 2.29. The van der Waals surface area contributed by atoms with Crippen LogP contribution in [0.4, 0.5) is 5.69 Å². The highest BCUT2D eigenvalue weighted by Gasteiger charge is 2.15. The summed E-state index contributed by atoms with van der Waals surface area (Å²) in [6, 6.07) is 5.51. The summed E-state index contributed by atoms with van der Waals surface area (Å²) < 4.78 is 10.5. The second kappa shape index (κ2) is 7.28. The van der Waals surface area contributed by atoms with E-state index < -0.39 is 0 Å². The number of methoxy groups -OCH3 is 2. The van der Waals surface area contributed by atoms with Crippen LogP contribution in [0.2, 0.25) is 0 Å². The van der Waals surface area contributed by atoms with E-state index in [2.05, 4.69) is 10.3 Å². The minimum Gasteiger partial charge on any atom is -0.497 e. The van der Waals surface area contributed by atoms with Gasteiger partial charge in [-0.1, -0.05) is 0 Å². The number of nitrogens with zero attached hydrogens (tertiary/aromatic N) is 1. The number of rotatable bonds is 5. The maximum Gasteiger partial charge on any atom is 0.193 e. The van der Waals surface area contributed by atoms with Crippen molar-refractivity contribution < 1.29 is 9.47 Å². The number of hydrogen-bond donors (Lipinski definition) is 2. The molecule has 2 rings (SSSR count). The molecule has 0 aliphatic carbocycles. The topological polar surface area (TPSA) is 68.9 Å². The molecule has 20 heavy (non-hydrogen) atoms. The number of nitrogens with two attached hydrogens (primary N) is 1. The molecule has 3 N–H and O–H groups in total. The molecule has 1 unspecified atom stereocenters. The lowest BCUT2D eigenvalue weighted by atomic mass is 10.2. The Morgan fingerprint density at radius 1 is 1.45 bits per heavy atom. The fraction of sp³-hybridized carbons (Fsp3) is 0.500. The zero-order chi connectivity index (χ0) is 14.4. The summed E-state index contributed by atoms with van der Waals surface area (Å²) in [5.74, 6) is 3.09. The van der Waals surface area contributed by atoms with Crippen LogP contribution in [0, 0.1) is 0 Å². The molecular formula is C14H21N3O2S.